The number of rotatable bonds is 16. The second-order valence-electron chi connectivity index (χ2n) is 13.8. The lowest BCUT2D eigenvalue weighted by Crippen LogP contribution is -2.68. The zero-order valence-corrected chi connectivity index (χ0v) is 30.5. The molecule has 1 unspecified atom stereocenters. The van der Waals surface area contributed by atoms with Gasteiger partial charge in [0, 0.05) is 31.9 Å². The van der Waals surface area contributed by atoms with Crippen LogP contribution in [-0.2, 0) is 23.4 Å². The highest BCUT2D eigenvalue weighted by Crippen LogP contribution is 2.43. The first kappa shape index (κ1) is 37.5. The monoisotopic (exact) mass is 679 g/mol. The van der Waals surface area contributed by atoms with Crippen molar-refractivity contribution in [3.8, 4) is 0 Å². The molecule has 3 aromatic rings. The van der Waals surface area contributed by atoms with Crippen molar-refractivity contribution >= 4 is 24.6 Å². The Hall–Kier alpha value is -3.35. The fraction of sp³-hybridized carbons (Fsp3) is 0.541. The summed E-state index contributed by atoms with van der Waals surface area (Å²) in [4.78, 5) is 40.9. The maximum Gasteiger partial charge on any atom is 0.330 e. The lowest BCUT2D eigenvalue weighted by atomic mass is 9.94. The molecule has 0 spiro atoms. The van der Waals surface area contributed by atoms with Crippen molar-refractivity contribution in [1.82, 2.24) is 14.9 Å². The minimum absolute atomic E-state index is 0.0624. The molecule has 1 amide bonds. The number of carbonyl (C=O) groups is 1. The van der Waals surface area contributed by atoms with E-state index in [-0.39, 0.29) is 24.2 Å². The molecule has 1 fully saturated rings. The summed E-state index contributed by atoms with van der Waals surface area (Å²) in [5.41, 5.74) is -2.03. The molecule has 2 aromatic carbocycles. The maximum atomic E-state index is 13.3. The third kappa shape index (κ3) is 8.09. The van der Waals surface area contributed by atoms with Crippen LogP contribution < -0.4 is 26.9 Å². The van der Waals surface area contributed by atoms with Crippen LogP contribution in [0.4, 0.5) is 0 Å². The van der Waals surface area contributed by atoms with Crippen LogP contribution in [0.15, 0.2) is 76.4 Å². The number of carbonyl (C=O) groups excluding carboxylic acids is 1. The van der Waals surface area contributed by atoms with Gasteiger partial charge in [-0.25, -0.2) is 4.79 Å². The molecule has 1 aliphatic rings. The molecule has 0 radical (unpaired) electrons. The number of hydrogen-bond acceptors (Lipinski definition) is 7. The Morgan fingerprint density at radius 1 is 0.958 bits per heavy atom. The van der Waals surface area contributed by atoms with E-state index in [1.54, 1.807) is 6.92 Å². The fourth-order valence-corrected chi connectivity index (χ4v) is 11.2. The van der Waals surface area contributed by atoms with Gasteiger partial charge in [-0.3, -0.25) is 19.1 Å². The molecule has 48 heavy (non-hydrogen) atoms. The van der Waals surface area contributed by atoms with Gasteiger partial charge >= 0.3 is 5.69 Å². The molecule has 2 N–H and O–H groups in total. The molecular weight excluding hydrogens is 627 g/mol. The lowest BCUT2D eigenvalue weighted by Gasteiger charge is -2.45. The SMILES string of the molecule is CCCCOC[C@@]1(CO[Si](c2ccccc2)(c2ccccc2)C(C)(C)C)O[C@@H](n2cc(C)c(=O)[nH]c2=O)[C@@H](NC(C)=O)C1OCCCC. The number of benzene rings is 2. The molecule has 262 valence electrons. The Morgan fingerprint density at radius 2 is 1.54 bits per heavy atom. The van der Waals surface area contributed by atoms with Gasteiger partial charge < -0.3 is 24.0 Å². The van der Waals surface area contributed by atoms with Crippen LogP contribution in [0.3, 0.4) is 0 Å². The smallest absolute Gasteiger partial charge is 0.330 e. The van der Waals surface area contributed by atoms with Gasteiger partial charge in [-0.2, -0.15) is 0 Å². The van der Waals surface area contributed by atoms with Crippen LogP contribution in [0.2, 0.25) is 5.04 Å². The second kappa shape index (κ2) is 16.4. The minimum atomic E-state index is -3.06. The topological polar surface area (TPSA) is 121 Å². The summed E-state index contributed by atoms with van der Waals surface area (Å²) in [6.07, 6.45) is 3.20. The average Bonchev–Trinajstić information content (AvgIpc) is 3.33. The van der Waals surface area contributed by atoms with Crippen LogP contribution in [0.1, 0.15) is 79.0 Å². The van der Waals surface area contributed by atoms with Gasteiger partial charge in [0.2, 0.25) is 5.91 Å². The number of nitrogens with one attached hydrogen (secondary N) is 2. The Labute approximate surface area is 285 Å². The first-order valence-corrected chi connectivity index (χ1v) is 19.0. The van der Waals surface area contributed by atoms with E-state index in [1.807, 2.05) is 36.4 Å². The Bertz CT molecular complexity index is 1550. The van der Waals surface area contributed by atoms with Gasteiger partial charge in [0.15, 0.2) is 6.23 Å². The number of hydrogen-bond donors (Lipinski definition) is 2. The van der Waals surface area contributed by atoms with Crippen molar-refractivity contribution in [1.29, 1.82) is 0 Å². The zero-order chi connectivity index (χ0) is 35.0. The Morgan fingerprint density at radius 3 is 2.08 bits per heavy atom. The first-order chi connectivity index (χ1) is 22.9. The third-order valence-corrected chi connectivity index (χ3v) is 14.0. The third-order valence-electron chi connectivity index (χ3n) is 9.03. The molecule has 2 heterocycles. The van der Waals surface area contributed by atoms with E-state index in [9.17, 15) is 14.4 Å². The molecule has 0 aliphatic carbocycles. The maximum absolute atomic E-state index is 13.3. The number of nitrogens with zero attached hydrogens (tertiary/aromatic N) is 1. The van der Waals surface area contributed by atoms with E-state index in [1.165, 1.54) is 17.7 Å². The van der Waals surface area contributed by atoms with E-state index < -0.39 is 43.5 Å². The quantitative estimate of drug-likeness (QED) is 0.172. The normalized spacial score (nSPS) is 21.4. The van der Waals surface area contributed by atoms with Gasteiger partial charge in [-0.1, -0.05) is 108 Å². The summed E-state index contributed by atoms with van der Waals surface area (Å²) >= 11 is 0. The van der Waals surface area contributed by atoms with Crippen LogP contribution in [0.5, 0.6) is 0 Å². The van der Waals surface area contributed by atoms with Crippen LogP contribution >= 0.6 is 0 Å². The average molecular weight is 680 g/mol. The standard InChI is InChI=1S/C37H53N3O7Si/c1-8-10-22-44-25-37(26-46-48(36(5,6)7,29-18-14-12-15-19-29)30-20-16-13-17-21-30)32(45-23-11-9-2)31(38-28(4)41)34(47-37)40-24-27(3)33(42)39-35(40)43/h12-21,24,31-32,34H,8-11,22-23,25-26H2,1-7H3,(H,38,41)(H,39,42,43)/t31-,32?,34+,37-/m0/s1. The highest BCUT2D eigenvalue weighted by Gasteiger charge is 2.60. The van der Waals surface area contributed by atoms with Crippen molar-refractivity contribution < 1.29 is 23.4 Å². The molecule has 4 atom stereocenters. The highest BCUT2D eigenvalue weighted by atomic mass is 28.4. The van der Waals surface area contributed by atoms with Crippen molar-refractivity contribution in [2.24, 2.45) is 0 Å². The first-order valence-electron chi connectivity index (χ1n) is 17.1. The molecule has 1 aromatic heterocycles. The number of amides is 1. The van der Waals surface area contributed by atoms with Gasteiger partial charge in [-0.15, -0.1) is 0 Å². The fourth-order valence-electron chi connectivity index (χ4n) is 6.61. The van der Waals surface area contributed by atoms with Crippen LogP contribution in [0, 0.1) is 6.92 Å². The van der Waals surface area contributed by atoms with Crippen LogP contribution in [0.25, 0.3) is 0 Å². The van der Waals surface area contributed by atoms with Crippen molar-refractivity contribution in [2.45, 2.75) is 103 Å². The molecule has 10 nitrogen and oxygen atoms in total. The highest BCUT2D eigenvalue weighted by molar-refractivity contribution is 6.99. The number of unbranched alkanes of at least 4 members (excludes halogenated alkanes) is 2. The van der Waals surface area contributed by atoms with Gasteiger partial charge in [0.1, 0.15) is 17.7 Å². The van der Waals surface area contributed by atoms with E-state index in [0.29, 0.717) is 18.8 Å². The largest absolute Gasteiger partial charge is 0.404 e. The number of aromatic amines is 1. The van der Waals surface area contributed by atoms with E-state index >= 15 is 0 Å². The summed E-state index contributed by atoms with van der Waals surface area (Å²) in [5.74, 6) is -0.303. The predicted octanol–water partition coefficient (Wildman–Crippen LogP) is 4.20. The van der Waals surface area contributed by atoms with Gasteiger partial charge in [-0.05, 0) is 35.2 Å². The van der Waals surface area contributed by atoms with Crippen molar-refractivity contribution in [2.75, 3.05) is 26.4 Å². The van der Waals surface area contributed by atoms with Gasteiger partial charge in [0.25, 0.3) is 13.9 Å². The second-order valence-corrected chi connectivity index (χ2v) is 18.1. The zero-order valence-electron chi connectivity index (χ0n) is 29.5. The van der Waals surface area contributed by atoms with Gasteiger partial charge in [0.05, 0.1) is 13.2 Å². The van der Waals surface area contributed by atoms with Crippen LogP contribution in [-0.4, -0.2) is 68.0 Å². The minimum Gasteiger partial charge on any atom is -0.404 e. The molecule has 11 heteroatoms. The summed E-state index contributed by atoms with van der Waals surface area (Å²) in [5, 5.41) is 4.93. The van der Waals surface area contributed by atoms with Crippen molar-refractivity contribution in [3.63, 3.8) is 0 Å². The summed E-state index contributed by atoms with van der Waals surface area (Å²) in [7, 11) is -3.06. The number of aromatic nitrogens is 2. The molecular formula is C37H53N3O7Si. The predicted molar refractivity (Wildman–Crippen MR) is 190 cm³/mol. The molecule has 0 bridgehead atoms. The number of ether oxygens (including phenoxy) is 3. The molecule has 0 saturated carbocycles. The number of H-pyrrole nitrogens is 1. The van der Waals surface area contributed by atoms with E-state index in [2.05, 4.69) is 69.2 Å². The summed E-state index contributed by atoms with van der Waals surface area (Å²) in [6, 6.07) is 19.9. The van der Waals surface area contributed by atoms with E-state index in [4.69, 9.17) is 18.6 Å². The molecule has 4 rings (SSSR count). The Kier molecular flexibility index (Phi) is 12.8. The number of aryl methyl sites for hydroxylation is 1. The summed E-state index contributed by atoms with van der Waals surface area (Å²) in [6.45, 7) is 14.9. The lowest BCUT2D eigenvalue weighted by molar-refractivity contribution is -0.168. The molecule has 1 aliphatic heterocycles. The van der Waals surface area contributed by atoms with Crippen molar-refractivity contribution in [3.05, 3.63) is 93.3 Å². The summed E-state index contributed by atoms with van der Waals surface area (Å²) < 4.78 is 28.8. The molecule has 1 saturated heterocycles. The Balaban J connectivity index is 1.92. The van der Waals surface area contributed by atoms with E-state index in [0.717, 1.165) is 36.1 Å².